The van der Waals surface area contributed by atoms with Crippen molar-refractivity contribution in [3.05, 3.63) is 106 Å². The zero-order valence-corrected chi connectivity index (χ0v) is 18.1. The van der Waals surface area contributed by atoms with Crippen molar-refractivity contribution < 1.29 is 13.9 Å². The molecule has 4 rings (SSSR count). The molecule has 1 heterocycles. The first-order valence-corrected chi connectivity index (χ1v) is 10.2. The molecule has 0 aliphatic heterocycles. The Morgan fingerprint density at radius 3 is 2.31 bits per heavy atom. The van der Waals surface area contributed by atoms with Crippen LogP contribution in [-0.4, -0.2) is 31.7 Å². The fourth-order valence-corrected chi connectivity index (χ4v) is 3.84. The maximum atomic E-state index is 14.2. The zero-order valence-electron chi connectivity index (χ0n) is 18.1. The second kappa shape index (κ2) is 8.67. The Morgan fingerprint density at radius 2 is 1.69 bits per heavy atom. The summed E-state index contributed by atoms with van der Waals surface area (Å²) in [5.41, 5.74) is 2.93. The van der Waals surface area contributed by atoms with Crippen molar-refractivity contribution in [1.82, 2.24) is 4.57 Å². The molecule has 32 heavy (non-hydrogen) atoms. The molecule has 5 nitrogen and oxygen atoms in total. The average molecular weight is 430 g/mol. The van der Waals surface area contributed by atoms with Gasteiger partial charge in [0.15, 0.2) is 5.43 Å². The quantitative estimate of drug-likeness (QED) is 0.435. The number of nitrogens with zero attached hydrogens (tertiary/aromatic N) is 2. The summed E-state index contributed by atoms with van der Waals surface area (Å²) in [6.45, 7) is 0. The molecule has 162 valence electrons. The zero-order chi connectivity index (χ0) is 22.8. The third-order valence-electron chi connectivity index (χ3n) is 5.46. The van der Waals surface area contributed by atoms with Crippen molar-refractivity contribution in [2.75, 3.05) is 26.1 Å². The molecule has 0 fully saturated rings. The van der Waals surface area contributed by atoms with Crippen LogP contribution in [0.4, 0.5) is 10.1 Å². The standard InChI is InChI=1S/C26H23FN2O3/c1-28(2)19-12-9-17(10-13-19)15-22-24(26(31)32-3)29(20-7-5-4-6-8-20)23-16-18(27)11-14-21(23)25(22)30/h4-14,16H,15H2,1-3H3. The third-order valence-corrected chi connectivity index (χ3v) is 5.46. The summed E-state index contributed by atoms with van der Waals surface area (Å²) in [6, 6.07) is 20.9. The molecule has 0 atom stereocenters. The van der Waals surface area contributed by atoms with Crippen LogP contribution in [-0.2, 0) is 11.2 Å². The van der Waals surface area contributed by atoms with Gasteiger partial charge in [0.25, 0.3) is 0 Å². The van der Waals surface area contributed by atoms with E-state index in [9.17, 15) is 14.0 Å². The number of pyridine rings is 1. The Morgan fingerprint density at radius 1 is 1.00 bits per heavy atom. The molecule has 0 bridgehead atoms. The minimum absolute atomic E-state index is 0.0958. The summed E-state index contributed by atoms with van der Waals surface area (Å²) in [5.74, 6) is -1.15. The lowest BCUT2D eigenvalue weighted by molar-refractivity contribution is 0.0590. The highest BCUT2D eigenvalue weighted by Gasteiger charge is 2.24. The van der Waals surface area contributed by atoms with Gasteiger partial charge in [-0.3, -0.25) is 4.79 Å². The number of para-hydroxylation sites is 1. The van der Waals surface area contributed by atoms with Crippen molar-refractivity contribution >= 4 is 22.6 Å². The maximum absolute atomic E-state index is 14.2. The van der Waals surface area contributed by atoms with Gasteiger partial charge >= 0.3 is 5.97 Å². The Labute approximate surface area is 185 Å². The van der Waals surface area contributed by atoms with E-state index in [1.807, 2.05) is 61.5 Å². The topological polar surface area (TPSA) is 51.5 Å². The summed E-state index contributed by atoms with van der Waals surface area (Å²) in [4.78, 5) is 28.4. The summed E-state index contributed by atoms with van der Waals surface area (Å²) in [7, 11) is 5.17. The number of halogens is 1. The van der Waals surface area contributed by atoms with Crippen LogP contribution in [0.1, 0.15) is 21.6 Å². The summed E-state index contributed by atoms with van der Waals surface area (Å²) < 4.78 is 20.9. The van der Waals surface area contributed by atoms with Crippen molar-refractivity contribution in [2.45, 2.75) is 6.42 Å². The molecule has 1 aromatic heterocycles. The van der Waals surface area contributed by atoms with Crippen LogP contribution in [0.5, 0.6) is 0 Å². The number of fused-ring (bicyclic) bond motifs is 1. The Kier molecular flexibility index (Phi) is 5.77. The fourth-order valence-electron chi connectivity index (χ4n) is 3.84. The molecule has 4 aromatic rings. The first-order chi connectivity index (χ1) is 15.4. The number of anilines is 1. The molecule has 3 aromatic carbocycles. The van der Waals surface area contributed by atoms with E-state index in [4.69, 9.17) is 4.74 Å². The van der Waals surface area contributed by atoms with Crippen LogP contribution < -0.4 is 10.3 Å². The number of benzene rings is 3. The predicted octanol–water partition coefficient (Wildman–Crippen LogP) is 4.57. The van der Waals surface area contributed by atoms with Gasteiger partial charge in [0.05, 0.1) is 12.6 Å². The first-order valence-electron chi connectivity index (χ1n) is 10.2. The number of methoxy groups -OCH3 is 1. The van der Waals surface area contributed by atoms with Crippen molar-refractivity contribution in [3.8, 4) is 5.69 Å². The lowest BCUT2D eigenvalue weighted by Gasteiger charge is -2.20. The molecule has 0 aliphatic carbocycles. The highest BCUT2D eigenvalue weighted by atomic mass is 19.1. The van der Waals surface area contributed by atoms with Gasteiger partial charge < -0.3 is 14.2 Å². The van der Waals surface area contributed by atoms with Crippen LogP contribution in [0, 0.1) is 5.82 Å². The monoisotopic (exact) mass is 430 g/mol. The molecule has 0 unspecified atom stereocenters. The number of carbonyl (C=O) groups is 1. The summed E-state index contributed by atoms with van der Waals surface area (Å²) in [6.07, 6.45) is 0.233. The fraction of sp³-hybridized carbons (Fsp3) is 0.154. The van der Waals surface area contributed by atoms with Gasteiger partial charge in [-0.25, -0.2) is 9.18 Å². The van der Waals surface area contributed by atoms with Crippen LogP contribution in [0.15, 0.2) is 77.6 Å². The van der Waals surface area contributed by atoms with E-state index in [0.29, 0.717) is 22.2 Å². The molecule has 0 saturated carbocycles. The second-order valence-electron chi connectivity index (χ2n) is 7.72. The Balaban J connectivity index is 2.03. The third kappa shape index (κ3) is 3.87. The Hall–Kier alpha value is -3.93. The van der Waals surface area contributed by atoms with Crippen LogP contribution in [0.3, 0.4) is 0 Å². The molecule has 0 spiro atoms. The van der Waals surface area contributed by atoms with E-state index in [1.165, 1.54) is 25.3 Å². The highest BCUT2D eigenvalue weighted by molar-refractivity contribution is 5.95. The first kappa shape index (κ1) is 21.3. The van der Waals surface area contributed by atoms with Crippen LogP contribution >= 0.6 is 0 Å². The molecule has 0 amide bonds. The van der Waals surface area contributed by atoms with Gasteiger partial charge in [-0.2, -0.15) is 0 Å². The van der Waals surface area contributed by atoms with E-state index in [2.05, 4.69) is 0 Å². The minimum Gasteiger partial charge on any atom is -0.464 e. The minimum atomic E-state index is -0.656. The van der Waals surface area contributed by atoms with Gasteiger partial charge in [0.2, 0.25) is 0 Å². The normalized spacial score (nSPS) is 10.9. The van der Waals surface area contributed by atoms with E-state index >= 15 is 0 Å². The van der Waals surface area contributed by atoms with Crippen molar-refractivity contribution in [2.24, 2.45) is 0 Å². The van der Waals surface area contributed by atoms with E-state index in [0.717, 1.165) is 11.3 Å². The van der Waals surface area contributed by atoms with E-state index in [1.54, 1.807) is 16.7 Å². The highest BCUT2D eigenvalue weighted by Crippen LogP contribution is 2.25. The van der Waals surface area contributed by atoms with Crippen molar-refractivity contribution in [1.29, 1.82) is 0 Å². The predicted molar refractivity (Wildman–Crippen MR) is 124 cm³/mol. The van der Waals surface area contributed by atoms with E-state index < -0.39 is 11.8 Å². The second-order valence-corrected chi connectivity index (χ2v) is 7.72. The summed E-state index contributed by atoms with van der Waals surface area (Å²) >= 11 is 0. The average Bonchev–Trinajstić information content (AvgIpc) is 2.80. The van der Waals surface area contributed by atoms with Gasteiger partial charge in [-0.05, 0) is 48.0 Å². The van der Waals surface area contributed by atoms with Crippen LogP contribution in [0.25, 0.3) is 16.6 Å². The van der Waals surface area contributed by atoms with Crippen LogP contribution in [0.2, 0.25) is 0 Å². The number of rotatable bonds is 5. The van der Waals surface area contributed by atoms with Gasteiger partial charge in [-0.1, -0.05) is 30.3 Å². The lowest BCUT2D eigenvalue weighted by Crippen LogP contribution is -2.24. The number of hydrogen-bond donors (Lipinski definition) is 0. The molecule has 0 aliphatic rings. The number of carbonyl (C=O) groups excluding carboxylic acids is 1. The lowest BCUT2D eigenvalue weighted by atomic mass is 9.99. The molecule has 0 N–H and O–H groups in total. The molecule has 0 radical (unpaired) electrons. The number of esters is 1. The maximum Gasteiger partial charge on any atom is 0.355 e. The molecule has 0 saturated heterocycles. The number of ether oxygens (including phenoxy) is 1. The molecular formula is C26H23FN2O3. The SMILES string of the molecule is COC(=O)c1c(Cc2ccc(N(C)C)cc2)c(=O)c2ccc(F)cc2n1-c1ccccc1. The number of aromatic nitrogens is 1. The summed E-state index contributed by atoms with van der Waals surface area (Å²) in [5, 5.41) is 0.336. The van der Waals surface area contributed by atoms with Crippen molar-refractivity contribution in [3.63, 3.8) is 0 Å². The number of hydrogen-bond acceptors (Lipinski definition) is 4. The van der Waals surface area contributed by atoms with Gasteiger partial charge in [0.1, 0.15) is 11.5 Å². The van der Waals surface area contributed by atoms with Gasteiger partial charge in [0, 0.05) is 42.8 Å². The molecule has 6 heteroatoms. The smallest absolute Gasteiger partial charge is 0.355 e. The van der Waals surface area contributed by atoms with Gasteiger partial charge in [-0.15, -0.1) is 0 Å². The molecular weight excluding hydrogens is 407 g/mol. The Bertz CT molecular complexity index is 1340. The van der Waals surface area contributed by atoms with E-state index in [-0.39, 0.29) is 17.5 Å². The largest absolute Gasteiger partial charge is 0.464 e.